The van der Waals surface area contributed by atoms with E-state index >= 15 is 0 Å². The van der Waals surface area contributed by atoms with Gasteiger partial charge in [-0.05, 0) is 30.4 Å². The van der Waals surface area contributed by atoms with Crippen molar-refractivity contribution >= 4 is 17.6 Å². The van der Waals surface area contributed by atoms with Gasteiger partial charge < -0.3 is 4.90 Å². The van der Waals surface area contributed by atoms with Gasteiger partial charge in [0.2, 0.25) is 0 Å². The topological polar surface area (TPSA) is 58.7 Å². The third kappa shape index (κ3) is 4.41. The summed E-state index contributed by atoms with van der Waals surface area (Å²) in [6.45, 7) is 2.24. The molecule has 0 saturated carbocycles. The lowest BCUT2D eigenvalue weighted by molar-refractivity contribution is -0.385. The summed E-state index contributed by atoms with van der Waals surface area (Å²) in [4.78, 5) is 16.6. The molecule has 1 fully saturated rings. The standard InChI is InChI=1S/C19H20FN3O2/c20-18-12-17(23(24)25)6-7-19(18)22-10-8-16(9-11-22)14-21-13-15-4-2-1-3-5-15/h1-7,12-13,16H,8-11,14H2/b21-13+. The van der Waals surface area contributed by atoms with E-state index < -0.39 is 10.7 Å². The highest BCUT2D eigenvalue weighted by Gasteiger charge is 2.22. The molecule has 0 spiro atoms. The molecule has 0 radical (unpaired) electrons. The first kappa shape index (κ1) is 17.1. The first-order valence-electron chi connectivity index (χ1n) is 8.37. The number of non-ortho nitro benzene ring substituents is 1. The molecule has 25 heavy (non-hydrogen) atoms. The number of benzene rings is 2. The second-order valence-corrected chi connectivity index (χ2v) is 6.23. The summed E-state index contributed by atoms with van der Waals surface area (Å²) in [6, 6.07) is 13.8. The van der Waals surface area contributed by atoms with E-state index in [0.717, 1.165) is 44.1 Å². The van der Waals surface area contributed by atoms with Crippen molar-refractivity contribution < 1.29 is 9.31 Å². The normalized spacial score (nSPS) is 15.6. The highest BCUT2D eigenvalue weighted by molar-refractivity contribution is 5.79. The SMILES string of the molecule is O=[N+]([O-])c1ccc(N2CCC(C/N=C/c3ccccc3)CC2)c(F)c1. The second kappa shape index (κ2) is 7.88. The maximum Gasteiger partial charge on any atom is 0.272 e. The molecule has 0 aromatic heterocycles. The summed E-state index contributed by atoms with van der Waals surface area (Å²) in [5, 5.41) is 10.7. The Balaban J connectivity index is 1.53. The molecule has 130 valence electrons. The van der Waals surface area contributed by atoms with Crippen LogP contribution < -0.4 is 4.90 Å². The molecule has 0 unspecified atom stereocenters. The summed E-state index contributed by atoms with van der Waals surface area (Å²) >= 11 is 0. The number of piperidine rings is 1. The molecule has 3 rings (SSSR count). The summed E-state index contributed by atoms with van der Waals surface area (Å²) in [5.41, 5.74) is 1.32. The molecule has 0 aliphatic carbocycles. The Labute approximate surface area is 146 Å². The van der Waals surface area contributed by atoms with Gasteiger partial charge in [0.05, 0.1) is 16.7 Å². The van der Waals surface area contributed by atoms with Gasteiger partial charge in [-0.3, -0.25) is 15.1 Å². The van der Waals surface area contributed by atoms with Crippen LogP contribution in [0.2, 0.25) is 0 Å². The lowest BCUT2D eigenvalue weighted by Gasteiger charge is -2.33. The van der Waals surface area contributed by atoms with Gasteiger partial charge in [0.1, 0.15) is 0 Å². The quantitative estimate of drug-likeness (QED) is 0.468. The molecule has 1 aliphatic heterocycles. The fraction of sp³-hybridized carbons (Fsp3) is 0.316. The number of nitrogens with zero attached hydrogens (tertiary/aromatic N) is 3. The van der Waals surface area contributed by atoms with E-state index in [0.29, 0.717) is 11.6 Å². The monoisotopic (exact) mass is 341 g/mol. The van der Waals surface area contributed by atoms with Crippen molar-refractivity contribution in [1.82, 2.24) is 0 Å². The zero-order valence-electron chi connectivity index (χ0n) is 13.8. The van der Waals surface area contributed by atoms with E-state index in [1.807, 2.05) is 41.4 Å². The predicted molar refractivity (Wildman–Crippen MR) is 96.9 cm³/mol. The number of nitro benzene ring substituents is 1. The van der Waals surface area contributed by atoms with E-state index in [-0.39, 0.29) is 5.69 Å². The van der Waals surface area contributed by atoms with Crippen molar-refractivity contribution in [2.75, 3.05) is 24.5 Å². The third-order valence-corrected chi connectivity index (χ3v) is 4.50. The van der Waals surface area contributed by atoms with Gasteiger partial charge in [-0.25, -0.2) is 4.39 Å². The van der Waals surface area contributed by atoms with Gasteiger partial charge in [0.25, 0.3) is 5.69 Å². The molecule has 1 heterocycles. The minimum atomic E-state index is -0.580. The molecule has 1 aliphatic rings. The molecule has 5 nitrogen and oxygen atoms in total. The zero-order chi connectivity index (χ0) is 17.6. The molecule has 1 saturated heterocycles. The maximum absolute atomic E-state index is 14.1. The summed E-state index contributed by atoms with van der Waals surface area (Å²) < 4.78 is 14.1. The lowest BCUT2D eigenvalue weighted by atomic mass is 9.96. The Morgan fingerprint density at radius 1 is 1.20 bits per heavy atom. The molecule has 0 atom stereocenters. The molecule has 0 N–H and O–H groups in total. The van der Waals surface area contributed by atoms with Crippen LogP contribution in [0.5, 0.6) is 0 Å². The van der Waals surface area contributed by atoms with Crippen LogP contribution in [0, 0.1) is 21.8 Å². The van der Waals surface area contributed by atoms with Crippen LogP contribution in [-0.4, -0.2) is 30.8 Å². The average Bonchev–Trinajstić information content (AvgIpc) is 2.63. The number of rotatable bonds is 5. The zero-order valence-corrected chi connectivity index (χ0v) is 13.8. The predicted octanol–water partition coefficient (Wildman–Crippen LogP) is 4.07. The van der Waals surface area contributed by atoms with Gasteiger partial charge in [0, 0.05) is 31.9 Å². The van der Waals surface area contributed by atoms with Crippen LogP contribution >= 0.6 is 0 Å². The van der Waals surface area contributed by atoms with Crippen LogP contribution in [0.25, 0.3) is 0 Å². The van der Waals surface area contributed by atoms with E-state index in [9.17, 15) is 14.5 Å². The molecule has 2 aromatic carbocycles. The molecule has 0 bridgehead atoms. The van der Waals surface area contributed by atoms with Crippen molar-refractivity contribution in [2.45, 2.75) is 12.8 Å². The van der Waals surface area contributed by atoms with E-state index in [2.05, 4.69) is 4.99 Å². The van der Waals surface area contributed by atoms with Crippen LogP contribution in [0.1, 0.15) is 18.4 Å². The van der Waals surface area contributed by atoms with Gasteiger partial charge in [-0.15, -0.1) is 0 Å². The van der Waals surface area contributed by atoms with Gasteiger partial charge in [0.15, 0.2) is 5.82 Å². The smallest absolute Gasteiger partial charge is 0.272 e. The first-order chi connectivity index (χ1) is 12.1. The van der Waals surface area contributed by atoms with Crippen LogP contribution in [-0.2, 0) is 0 Å². The Bertz CT molecular complexity index is 757. The fourth-order valence-electron chi connectivity index (χ4n) is 3.07. The first-order valence-corrected chi connectivity index (χ1v) is 8.37. The summed E-state index contributed by atoms with van der Waals surface area (Å²) in [5.74, 6) is -0.0490. The minimum Gasteiger partial charge on any atom is -0.369 e. The molecular weight excluding hydrogens is 321 g/mol. The average molecular weight is 341 g/mol. The number of anilines is 1. The molecular formula is C19H20FN3O2. The second-order valence-electron chi connectivity index (χ2n) is 6.23. The van der Waals surface area contributed by atoms with E-state index in [4.69, 9.17) is 0 Å². The third-order valence-electron chi connectivity index (χ3n) is 4.50. The van der Waals surface area contributed by atoms with Crippen molar-refractivity contribution in [2.24, 2.45) is 10.9 Å². The van der Waals surface area contributed by atoms with Gasteiger partial charge >= 0.3 is 0 Å². The largest absolute Gasteiger partial charge is 0.369 e. The minimum absolute atomic E-state index is 0.216. The van der Waals surface area contributed by atoms with Gasteiger partial charge in [-0.1, -0.05) is 30.3 Å². The Morgan fingerprint density at radius 3 is 2.56 bits per heavy atom. The van der Waals surface area contributed by atoms with Crippen LogP contribution in [0.4, 0.5) is 15.8 Å². The van der Waals surface area contributed by atoms with E-state index in [1.54, 1.807) is 0 Å². The number of halogens is 1. The van der Waals surface area contributed by atoms with Crippen molar-refractivity contribution in [3.8, 4) is 0 Å². The van der Waals surface area contributed by atoms with Gasteiger partial charge in [-0.2, -0.15) is 0 Å². The van der Waals surface area contributed by atoms with Crippen LogP contribution in [0.15, 0.2) is 53.5 Å². The van der Waals surface area contributed by atoms with Crippen molar-refractivity contribution in [1.29, 1.82) is 0 Å². The highest BCUT2D eigenvalue weighted by atomic mass is 19.1. The van der Waals surface area contributed by atoms with Crippen molar-refractivity contribution in [3.63, 3.8) is 0 Å². The Kier molecular flexibility index (Phi) is 5.38. The number of hydrogen-bond donors (Lipinski definition) is 0. The molecule has 2 aromatic rings. The lowest BCUT2D eigenvalue weighted by Crippen LogP contribution is -2.35. The Morgan fingerprint density at radius 2 is 1.92 bits per heavy atom. The number of nitro groups is 1. The molecule has 6 heteroatoms. The number of hydrogen-bond acceptors (Lipinski definition) is 4. The Hall–Kier alpha value is -2.76. The fourth-order valence-corrected chi connectivity index (χ4v) is 3.07. The number of aliphatic imine (C=N–C) groups is 1. The summed E-state index contributed by atoms with van der Waals surface area (Å²) in [7, 11) is 0. The summed E-state index contributed by atoms with van der Waals surface area (Å²) in [6.07, 6.45) is 3.76. The van der Waals surface area contributed by atoms with E-state index in [1.165, 1.54) is 12.1 Å². The van der Waals surface area contributed by atoms with Crippen LogP contribution in [0.3, 0.4) is 0 Å². The van der Waals surface area contributed by atoms with Crippen molar-refractivity contribution in [3.05, 3.63) is 70.0 Å². The maximum atomic E-state index is 14.1. The highest BCUT2D eigenvalue weighted by Crippen LogP contribution is 2.28. The molecule has 0 amide bonds.